The second-order valence-electron chi connectivity index (χ2n) is 4.70. The molecule has 5 heteroatoms. The molecule has 0 atom stereocenters. The van der Waals surface area contributed by atoms with Gasteiger partial charge in [0.25, 0.3) is 5.56 Å². The van der Waals surface area contributed by atoms with Crippen LogP contribution in [0.5, 0.6) is 0 Å². The summed E-state index contributed by atoms with van der Waals surface area (Å²) in [6, 6.07) is 15.3. The van der Waals surface area contributed by atoms with Gasteiger partial charge in [0.05, 0.1) is 16.6 Å². The van der Waals surface area contributed by atoms with Crippen molar-refractivity contribution in [3.05, 3.63) is 68.3 Å². The fourth-order valence-electron chi connectivity index (χ4n) is 2.34. The Bertz CT molecular complexity index is 843. The van der Waals surface area contributed by atoms with Gasteiger partial charge in [-0.2, -0.15) is 0 Å². The lowest BCUT2D eigenvalue weighted by molar-refractivity contribution is 0.796. The number of hydrogen-bond acceptors (Lipinski definition) is 3. The molecule has 0 bridgehead atoms. The van der Waals surface area contributed by atoms with Crippen LogP contribution < -0.4 is 11.3 Å². The molecule has 0 amide bonds. The average molecular weight is 391 g/mol. The normalized spacial score (nSPS) is 11.0. The van der Waals surface area contributed by atoms with Gasteiger partial charge in [0, 0.05) is 9.99 Å². The predicted octanol–water partition coefficient (Wildman–Crippen LogP) is 2.49. The van der Waals surface area contributed by atoms with Gasteiger partial charge in [-0.25, -0.2) is 4.98 Å². The maximum Gasteiger partial charge on any atom is 0.266 e. The van der Waals surface area contributed by atoms with Crippen LogP contribution in [0.2, 0.25) is 0 Å². The van der Waals surface area contributed by atoms with E-state index in [0.717, 1.165) is 14.8 Å². The fraction of sp³-hybridized carbons (Fsp3) is 0.125. The van der Waals surface area contributed by atoms with Crippen LogP contribution in [0.15, 0.2) is 53.3 Å². The Hall–Kier alpha value is -1.73. The predicted molar refractivity (Wildman–Crippen MR) is 92.8 cm³/mol. The zero-order valence-electron chi connectivity index (χ0n) is 11.3. The molecule has 0 aliphatic rings. The monoisotopic (exact) mass is 391 g/mol. The first-order valence-corrected chi connectivity index (χ1v) is 7.75. The lowest BCUT2D eigenvalue weighted by atomic mass is 10.2. The van der Waals surface area contributed by atoms with Gasteiger partial charge in [-0.15, -0.1) is 0 Å². The number of hydrogen-bond donors (Lipinski definition) is 1. The van der Waals surface area contributed by atoms with E-state index in [-0.39, 0.29) is 5.56 Å². The van der Waals surface area contributed by atoms with Gasteiger partial charge < -0.3 is 5.73 Å². The zero-order valence-corrected chi connectivity index (χ0v) is 13.4. The largest absolute Gasteiger partial charge is 0.330 e. The Morgan fingerprint density at radius 3 is 2.62 bits per heavy atom. The molecule has 0 aliphatic heterocycles. The summed E-state index contributed by atoms with van der Waals surface area (Å²) < 4.78 is 2.68. The molecular weight excluding hydrogens is 377 g/mol. The Balaban J connectivity index is 2.37. The summed E-state index contributed by atoms with van der Waals surface area (Å²) in [5.74, 6) is 0.697. The summed E-state index contributed by atoms with van der Waals surface area (Å²) in [6.07, 6.45) is 0.562. The van der Waals surface area contributed by atoms with Gasteiger partial charge in [0.2, 0.25) is 0 Å². The number of nitrogens with zero attached hydrogens (tertiary/aromatic N) is 2. The second-order valence-corrected chi connectivity index (χ2v) is 5.95. The third kappa shape index (κ3) is 2.71. The van der Waals surface area contributed by atoms with Crippen LogP contribution in [0, 0.1) is 3.57 Å². The molecule has 0 fully saturated rings. The summed E-state index contributed by atoms with van der Waals surface area (Å²) in [5.41, 5.74) is 7.16. The Morgan fingerprint density at radius 1 is 1.14 bits per heavy atom. The minimum atomic E-state index is -0.0480. The van der Waals surface area contributed by atoms with Crippen LogP contribution in [-0.4, -0.2) is 16.1 Å². The van der Waals surface area contributed by atoms with Gasteiger partial charge in [0.1, 0.15) is 5.82 Å². The SMILES string of the molecule is NCCc1nc2ccc(I)cc2c(=O)n1-c1ccccc1. The van der Waals surface area contributed by atoms with Gasteiger partial charge >= 0.3 is 0 Å². The van der Waals surface area contributed by atoms with E-state index in [2.05, 4.69) is 27.6 Å². The molecule has 21 heavy (non-hydrogen) atoms. The smallest absolute Gasteiger partial charge is 0.266 e. The van der Waals surface area contributed by atoms with E-state index in [1.807, 2.05) is 48.5 Å². The van der Waals surface area contributed by atoms with Crippen molar-refractivity contribution in [2.75, 3.05) is 6.54 Å². The average Bonchev–Trinajstić information content (AvgIpc) is 2.50. The van der Waals surface area contributed by atoms with Crippen molar-refractivity contribution in [1.29, 1.82) is 0 Å². The lowest BCUT2D eigenvalue weighted by Gasteiger charge is -2.13. The molecule has 3 rings (SSSR count). The number of halogens is 1. The van der Waals surface area contributed by atoms with Crippen LogP contribution in [0.1, 0.15) is 5.82 Å². The van der Waals surface area contributed by atoms with E-state index in [1.165, 1.54) is 0 Å². The van der Waals surface area contributed by atoms with Crippen molar-refractivity contribution in [1.82, 2.24) is 9.55 Å². The molecular formula is C16H14IN3O. The zero-order chi connectivity index (χ0) is 14.8. The van der Waals surface area contributed by atoms with Crippen LogP contribution in [0.3, 0.4) is 0 Å². The number of fused-ring (bicyclic) bond motifs is 1. The minimum Gasteiger partial charge on any atom is -0.330 e. The highest BCUT2D eigenvalue weighted by Crippen LogP contribution is 2.16. The van der Waals surface area contributed by atoms with Gasteiger partial charge in [-0.1, -0.05) is 18.2 Å². The highest BCUT2D eigenvalue weighted by molar-refractivity contribution is 14.1. The van der Waals surface area contributed by atoms with Crippen molar-refractivity contribution in [2.45, 2.75) is 6.42 Å². The molecule has 2 N–H and O–H groups in total. The van der Waals surface area contributed by atoms with Crippen molar-refractivity contribution >= 4 is 33.5 Å². The molecule has 4 nitrogen and oxygen atoms in total. The molecule has 3 aromatic rings. The molecule has 106 valence electrons. The molecule has 0 radical (unpaired) electrons. The van der Waals surface area contributed by atoms with E-state index in [0.29, 0.717) is 24.2 Å². The molecule has 0 unspecified atom stereocenters. The standard InChI is InChI=1S/C16H14IN3O/c17-11-6-7-14-13(10-11)16(21)20(15(19-14)8-9-18)12-4-2-1-3-5-12/h1-7,10H,8-9,18H2. The van der Waals surface area contributed by atoms with Crippen LogP contribution in [0.25, 0.3) is 16.6 Å². The fourth-order valence-corrected chi connectivity index (χ4v) is 2.84. The highest BCUT2D eigenvalue weighted by atomic mass is 127. The first-order valence-electron chi connectivity index (χ1n) is 6.67. The first-order chi connectivity index (χ1) is 10.2. The number of nitrogens with two attached hydrogens (primary N) is 1. The Kier molecular flexibility index (Phi) is 4.03. The highest BCUT2D eigenvalue weighted by Gasteiger charge is 2.12. The van der Waals surface area contributed by atoms with Gasteiger partial charge in [-0.3, -0.25) is 9.36 Å². The molecule has 0 saturated carbocycles. The molecule has 1 aromatic heterocycles. The van der Waals surface area contributed by atoms with Crippen molar-refractivity contribution in [2.24, 2.45) is 5.73 Å². The number of benzene rings is 2. The first kappa shape index (κ1) is 14.2. The van der Waals surface area contributed by atoms with Gasteiger partial charge in [0.15, 0.2) is 0 Å². The van der Waals surface area contributed by atoms with E-state index >= 15 is 0 Å². The molecule has 2 aromatic carbocycles. The Morgan fingerprint density at radius 2 is 1.90 bits per heavy atom. The quantitative estimate of drug-likeness (QED) is 0.698. The third-order valence-electron chi connectivity index (χ3n) is 3.28. The van der Waals surface area contributed by atoms with E-state index in [9.17, 15) is 4.79 Å². The molecule has 0 spiro atoms. The summed E-state index contributed by atoms with van der Waals surface area (Å²) in [6.45, 7) is 0.454. The molecule has 0 aliphatic carbocycles. The molecule has 0 saturated heterocycles. The number of rotatable bonds is 3. The summed E-state index contributed by atoms with van der Waals surface area (Å²) in [7, 11) is 0. The van der Waals surface area contributed by atoms with E-state index < -0.39 is 0 Å². The third-order valence-corrected chi connectivity index (χ3v) is 3.95. The van der Waals surface area contributed by atoms with Crippen molar-refractivity contribution in [3.8, 4) is 5.69 Å². The summed E-state index contributed by atoms with van der Waals surface area (Å²) >= 11 is 2.20. The van der Waals surface area contributed by atoms with Crippen LogP contribution >= 0.6 is 22.6 Å². The van der Waals surface area contributed by atoms with E-state index in [1.54, 1.807) is 4.57 Å². The molecule has 1 heterocycles. The Labute approximate surface area is 135 Å². The topological polar surface area (TPSA) is 60.9 Å². The summed E-state index contributed by atoms with van der Waals surface area (Å²) in [5, 5.41) is 0.631. The van der Waals surface area contributed by atoms with Crippen LogP contribution in [0.4, 0.5) is 0 Å². The maximum atomic E-state index is 12.9. The van der Waals surface area contributed by atoms with E-state index in [4.69, 9.17) is 5.73 Å². The second kappa shape index (κ2) is 5.95. The number of aromatic nitrogens is 2. The van der Waals surface area contributed by atoms with Crippen molar-refractivity contribution < 1.29 is 0 Å². The van der Waals surface area contributed by atoms with Crippen LogP contribution in [-0.2, 0) is 6.42 Å². The lowest BCUT2D eigenvalue weighted by Crippen LogP contribution is -2.25. The summed E-state index contributed by atoms with van der Waals surface area (Å²) in [4.78, 5) is 17.5. The minimum absolute atomic E-state index is 0.0480. The van der Waals surface area contributed by atoms with Gasteiger partial charge in [-0.05, 0) is 59.5 Å². The van der Waals surface area contributed by atoms with Crippen molar-refractivity contribution in [3.63, 3.8) is 0 Å². The maximum absolute atomic E-state index is 12.9. The number of para-hydroxylation sites is 1.